The summed E-state index contributed by atoms with van der Waals surface area (Å²) in [6.45, 7) is 5.70. The number of nitrogens with two attached hydrogens (primary N) is 1. The Kier molecular flexibility index (Phi) is 5.00. The number of hydrogen-bond acceptors (Lipinski definition) is 3. The zero-order chi connectivity index (χ0) is 15.5. The predicted molar refractivity (Wildman–Crippen MR) is 78.9 cm³/mol. The minimum Gasteiger partial charge on any atom is -0.481 e. The molecular formula is C14H19ClN2O3. The van der Waals surface area contributed by atoms with Crippen molar-refractivity contribution in [2.24, 2.45) is 0 Å². The fourth-order valence-electron chi connectivity index (χ4n) is 1.78. The van der Waals surface area contributed by atoms with Gasteiger partial charge in [0.05, 0.1) is 17.1 Å². The minimum absolute atomic E-state index is 0.105. The Balaban J connectivity index is 3.03. The van der Waals surface area contributed by atoms with Crippen LogP contribution >= 0.6 is 11.6 Å². The monoisotopic (exact) mass is 298 g/mol. The number of benzene rings is 1. The Morgan fingerprint density at radius 2 is 1.95 bits per heavy atom. The van der Waals surface area contributed by atoms with Gasteiger partial charge in [0, 0.05) is 17.6 Å². The van der Waals surface area contributed by atoms with Crippen molar-refractivity contribution in [3.05, 3.63) is 28.8 Å². The summed E-state index contributed by atoms with van der Waals surface area (Å²) in [7, 11) is 0. The van der Waals surface area contributed by atoms with E-state index < -0.39 is 11.5 Å². The van der Waals surface area contributed by atoms with Gasteiger partial charge >= 0.3 is 5.97 Å². The van der Waals surface area contributed by atoms with Gasteiger partial charge in [0.25, 0.3) is 5.91 Å². The highest BCUT2D eigenvalue weighted by atomic mass is 35.5. The summed E-state index contributed by atoms with van der Waals surface area (Å²) < 4.78 is 0. The maximum absolute atomic E-state index is 12.5. The van der Waals surface area contributed by atoms with E-state index in [1.807, 2.05) is 20.8 Å². The Morgan fingerprint density at radius 3 is 2.40 bits per heavy atom. The van der Waals surface area contributed by atoms with Crippen molar-refractivity contribution in [2.45, 2.75) is 32.7 Å². The van der Waals surface area contributed by atoms with Crippen molar-refractivity contribution < 1.29 is 14.7 Å². The Bertz CT molecular complexity index is 524. The van der Waals surface area contributed by atoms with Crippen LogP contribution in [-0.2, 0) is 4.79 Å². The molecule has 0 unspecified atom stereocenters. The molecular weight excluding hydrogens is 280 g/mol. The van der Waals surface area contributed by atoms with Gasteiger partial charge < -0.3 is 15.7 Å². The van der Waals surface area contributed by atoms with E-state index in [-0.39, 0.29) is 18.9 Å². The first-order valence-corrected chi connectivity index (χ1v) is 6.59. The van der Waals surface area contributed by atoms with Gasteiger partial charge in [-0.25, -0.2) is 0 Å². The number of nitrogens with zero attached hydrogens (tertiary/aromatic N) is 1. The number of carboxylic acids is 1. The van der Waals surface area contributed by atoms with Crippen molar-refractivity contribution in [2.75, 3.05) is 12.3 Å². The molecule has 0 heterocycles. The van der Waals surface area contributed by atoms with Crippen LogP contribution < -0.4 is 5.73 Å². The van der Waals surface area contributed by atoms with Crippen molar-refractivity contribution in [1.82, 2.24) is 4.90 Å². The van der Waals surface area contributed by atoms with Gasteiger partial charge in [-0.2, -0.15) is 0 Å². The third kappa shape index (κ3) is 4.13. The van der Waals surface area contributed by atoms with Crippen LogP contribution in [0.5, 0.6) is 0 Å². The molecule has 110 valence electrons. The lowest BCUT2D eigenvalue weighted by atomic mass is 10.0. The zero-order valence-electron chi connectivity index (χ0n) is 11.8. The van der Waals surface area contributed by atoms with E-state index >= 15 is 0 Å². The average Bonchev–Trinajstić information content (AvgIpc) is 2.30. The van der Waals surface area contributed by atoms with Gasteiger partial charge in [0.1, 0.15) is 0 Å². The van der Waals surface area contributed by atoms with Crippen LogP contribution in [0.25, 0.3) is 0 Å². The lowest BCUT2D eigenvalue weighted by Crippen LogP contribution is -2.46. The minimum atomic E-state index is -0.942. The highest BCUT2D eigenvalue weighted by Gasteiger charge is 2.27. The molecule has 3 N–H and O–H groups in total. The average molecular weight is 299 g/mol. The van der Waals surface area contributed by atoms with E-state index in [1.165, 1.54) is 11.0 Å². The molecule has 0 fully saturated rings. The van der Waals surface area contributed by atoms with Crippen molar-refractivity contribution in [3.63, 3.8) is 0 Å². The number of aliphatic carboxylic acids is 1. The highest BCUT2D eigenvalue weighted by Crippen LogP contribution is 2.23. The second kappa shape index (κ2) is 6.13. The second-order valence-electron chi connectivity index (χ2n) is 5.51. The smallest absolute Gasteiger partial charge is 0.305 e. The number of anilines is 1. The molecule has 0 aliphatic heterocycles. The van der Waals surface area contributed by atoms with Crippen LogP contribution in [0.3, 0.4) is 0 Å². The van der Waals surface area contributed by atoms with Crippen LogP contribution in [0.2, 0.25) is 5.02 Å². The number of halogens is 1. The summed E-state index contributed by atoms with van der Waals surface area (Å²) in [4.78, 5) is 24.7. The van der Waals surface area contributed by atoms with Gasteiger partial charge in [-0.15, -0.1) is 0 Å². The van der Waals surface area contributed by atoms with E-state index in [4.69, 9.17) is 22.4 Å². The quantitative estimate of drug-likeness (QED) is 0.837. The van der Waals surface area contributed by atoms with Gasteiger partial charge in [-0.3, -0.25) is 9.59 Å². The molecule has 0 spiro atoms. The van der Waals surface area contributed by atoms with Gasteiger partial charge in [0.2, 0.25) is 0 Å². The number of carboxylic acid groups (broad SMARTS) is 1. The number of carbonyl (C=O) groups is 2. The summed E-state index contributed by atoms with van der Waals surface area (Å²) in [5.74, 6) is -1.20. The fourth-order valence-corrected chi connectivity index (χ4v) is 1.90. The van der Waals surface area contributed by atoms with Crippen LogP contribution in [0.4, 0.5) is 5.69 Å². The first kappa shape index (κ1) is 16.3. The van der Waals surface area contributed by atoms with Gasteiger partial charge in [-0.1, -0.05) is 11.6 Å². The number of hydrogen-bond donors (Lipinski definition) is 2. The van der Waals surface area contributed by atoms with Crippen molar-refractivity contribution >= 4 is 29.2 Å². The largest absolute Gasteiger partial charge is 0.481 e. The number of carbonyl (C=O) groups excluding carboxylic acids is 1. The Hall–Kier alpha value is -1.75. The molecule has 0 radical (unpaired) electrons. The summed E-state index contributed by atoms with van der Waals surface area (Å²) in [5.41, 5.74) is 5.93. The van der Waals surface area contributed by atoms with Crippen LogP contribution in [0.15, 0.2) is 18.2 Å². The summed E-state index contributed by atoms with van der Waals surface area (Å²) in [6, 6.07) is 4.65. The van der Waals surface area contributed by atoms with Gasteiger partial charge in [0.15, 0.2) is 0 Å². The molecule has 0 aromatic heterocycles. The predicted octanol–water partition coefficient (Wildman–Crippen LogP) is 2.64. The van der Waals surface area contributed by atoms with E-state index in [0.29, 0.717) is 16.3 Å². The van der Waals surface area contributed by atoms with E-state index in [1.54, 1.807) is 12.1 Å². The van der Waals surface area contributed by atoms with Gasteiger partial charge in [-0.05, 0) is 39.0 Å². The van der Waals surface area contributed by atoms with Crippen molar-refractivity contribution in [3.8, 4) is 0 Å². The lowest BCUT2D eigenvalue weighted by Gasteiger charge is -2.35. The molecule has 5 nitrogen and oxygen atoms in total. The van der Waals surface area contributed by atoms with Crippen LogP contribution in [0.1, 0.15) is 37.6 Å². The molecule has 0 atom stereocenters. The molecule has 6 heteroatoms. The van der Waals surface area contributed by atoms with Crippen LogP contribution in [0, 0.1) is 0 Å². The highest BCUT2D eigenvalue weighted by molar-refractivity contribution is 6.33. The molecule has 1 aromatic carbocycles. The molecule has 1 rings (SSSR count). The third-order valence-electron chi connectivity index (χ3n) is 2.85. The molecule has 0 bridgehead atoms. The molecule has 0 saturated carbocycles. The normalized spacial score (nSPS) is 11.2. The molecule has 0 saturated heterocycles. The third-order valence-corrected chi connectivity index (χ3v) is 3.19. The summed E-state index contributed by atoms with van der Waals surface area (Å²) in [6.07, 6.45) is -0.105. The lowest BCUT2D eigenvalue weighted by molar-refractivity contribution is -0.137. The first-order valence-electron chi connectivity index (χ1n) is 6.21. The van der Waals surface area contributed by atoms with E-state index in [0.717, 1.165) is 0 Å². The Labute approximate surface area is 123 Å². The fraction of sp³-hybridized carbons (Fsp3) is 0.429. The standard InChI is InChI=1S/C14H19ClN2O3/c1-14(2,3)17(7-6-12(18)19)13(20)9-4-5-10(15)11(16)8-9/h4-5,8H,6-7,16H2,1-3H3,(H,18,19). The molecule has 0 aliphatic rings. The van der Waals surface area contributed by atoms with E-state index in [9.17, 15) is 9.59 Å². The molecule has 1 aromatic rings. The summed E-state index contributed by atoms with van der Waals surface area (Å²) >= 11 is 5.83. The molecule has 0 aliphatic carbocycles. The zero-order valence-corrected chi connectivity index (χ0v) is 12.6. The SMILES string of the molecule is CC(C)(C)N(CCC(=O)O)C(=O)c1ccc(Cl)c(N)c1. The maximum atomic E-state index is 12.5. The topological polar surface area (TPSA) is 83.6 Å². The van der Waals surface area contributed by atoms with E-state index in [2.05, 4.69) is 0 Å². The van der Waals surface area contributed by atoms with Crippen molar-refractivity contribution in [1.29, 1.82) is 0 Å². The Morgan fingerprint density at radius 1 is 1.35 bits per heavy atom. The molecule has 1 amide bonds. The van der Waals surface area contributed by atoms with Crippen LogP contribution in [-0.4, -0.2) is 34.0 Å². The number of nitrogen functional groups attached to an aromatic ring is 1. The first-order chi connectivity index (χ1) is 9.12. The number of amides is 1. The second-order valence-corrected chi connectivity index (χ2v) is 5.91. The summed E-state index contributed by atoms with van der Waals surface area (Å²) in [5, 5.41) is 9.17. The molecule has 20 heavy (non-hydrogen) atoms. The maximum Gasteiger partial charge on any atom is 0.305 e. The number of rotatable bonds is 4.